The van der Waals surface area contributed by atoms with E-state index < -0.39 is 0 Å². The number of likely N-dealkylation sites (tertiary alicyclic amines) is 1. The van der Waals surface area contributed by atoms with Crippen LogP contribution in [0.2, 0.25) is 0 Å². The molecule has 6 heteroatoms. The predicted molar refractivity (Wildman–Crippen MR) is 106 cm³/mol. The highest BCUT2D eigenvalue weighted by atomic mass is 16.5. The lowest BCUT2D eigenvalue weighted by molar-refractivity contribution is 0.233. The first-order chi connectivity index (χ1) is 13.7. The van der Waals surface area contributed by atoms with Gasteiger partial charge in [-0.2, -0.15) is 10.4 Å². The molecule has 0 radical (unpaired) electrons. The second-order valence-corrected chi connectivity index (χ2v) is 7.54. The third kappa shape index (κ3) is 2.85. The fourth-order valence-electron chi connectivity index (χ4n) is 4.48. The number of nitrogens with two attached hydrogens (primary N) is 1. The number of fused-ring (bicyclic) bond motifs is 2. The predicted octanol–water partition coefficient (Wildman–Crippen LogP) is 4.04. The summed E-state index contributed by atoms with van der Waals surface area (Å²) in [7, 11) is 0. The van der Waals surface area contributed by atoms with Crippen LogP contribution in [0.4, 0.5) is 5.82 Å². The molecule has 2 fully saturated rings. The van der Waals surface area contributed by atoms with Gasteiger partial charge in [0.15, 0.2) is 6.19 Å². The van der Waals surface area contributed by atoms with E-state index in [9.17, 15) is 5.26 Å². The fourth-order valence-corrected chi connectivity index (χ4v) is 4.48. The van der Waals surface area contributed by atoms with Gasteiger partial charge in [-0.15, -0.1) is 0 Å². The van der Waals surface area contributed by atoms with E-state index in [2.05, 4.69) is 6.19 Å². The molecule has 3 atom stereocenters. The molecule has 2 aromatic carbocycles. The van der Waals surface area contributed by atoms with Crippen molar-refractivity contribution in [1.82, 2.24) is 14.7 Å². The van der Waals surface area contributed by atoms with Crippen LogP contribution in [-0.4, -0.2) is 27.3 Å². The second-order valence-electron chi connectivity index (χ2n) is 7.54. The molecular formula is C22H21N5O. The molecule has 1 aliphatic heterocycles. The first-order valence-electron chi connectivity index (χ1n) is 9.56. The lowest BCUT2D eigenvalue weighted by Gasteiger charge is -2.28. The Morgan fingerprint density at radius 3 is 2.46 bits per heavy atom. The molecule has 1 saturated carbocycles. The van der Waals surface area contributed by atoms with Gasteiger partial charge >= 0.3 is 0 Å². The quantitative estimate of drug-likeness (QED) is 0.700. The summed E-state index contributed by atoms with van der Waals surface area (Å²) in [6.45, 7) is 0.811. The molecule has 28 heavy (non-hydrogen) atoms. The van der Waals surface area contributed by atoms with Gasteiger partial charge in [0.05, 0.1) is 11.7 Å². The maximum absolute atomic E-state index is 9.19. The standard InChI is InChI=1S/C22H21N5O/c23-14-26-13-16-10-17(26)11-21(16)27-22(24)12-20(25-27)15-6-8-19(9-7-15)28-18-4-2-1-3-5-18/h1-9,12,16-17,21H,10-11,13,24H2. The highest BCUT2D eigenvalue weighted by Gasteiger charge is 2.46. The summed E-state index contributed by atoms with van der Waals surface area (Å²) in [5.74, 6) is 2.72. The van der Waals surface area contributed by atoms with Crippen molar-refractivity contribution in [2.45, 2.75) is 24.9 Å². The molecule has 0 spiro atoms. The van der Waals surface area contributed by atoms with Crippen LogP contribution >= 0.6 is 0 Å². The maximum Gasteiger partial charge on any atom is 0.179 e. The summed E-state index contributed by atoms with van der Waals surface area (Å²) in [5, 5.41) is 14.0. The molecule has 3 unspecified atom stereocenters. The van der Waals surface area contributed by atoms with E-state index in [1.54, 1.807) is 0 Å². The van der Waals surface area contributed by atoms with E-state index >= 15 is 0 Å². The van der Waals surface area contributed by atoms with Crippen LogP contribution in [0, 0.1) is 17.4 Å². The number of hydrogen-bond acceptors (Lipinski definition) is 5. The van der Waals surface area contributed by atoms with E-state index in [-0.39, 0.29) is 6.04 Å². The smallest absolute Gasteiger partial charge is 0.179 e. The van der Waals surface area contributed by atoms with Crippen LogP contribution in [0.3, 0.4) is 0 Å². The average Bonchev–Trinajstić information content (AvgIpc) is 3.43. The number of nitrogens with zero attached hydrogens (tertiary/aromatic N) is 4. The highest BCUT2D eigenvalue weighted by Crippen LogP contribution is 2.45. The maximum atomic E-state index is 9.19. The number of anilines is 1. The normalized spacial score (nSPS) is 23.0. The lowest BCUT2D eigenvalue weighted by Crippen LogP contribution is -2.33. The van der Waals surface area contributed by atoms with Gasteiger partial charge in [0.2, 0.25) is 0 Å². The van der Waals surface area contributed by atoms with Crippen molar-refractivity contribution in [3.05, 3.63) is 60.7 Å². The topological polar surface area (TPSA) is 80.1 Å². The molecule has 2 heterocycles. The highest BCUT2D eigenvalue weighted by molar-refractivity contribution is 5.63. The Morgan fingerprint density at radius 1 is 1.04 bits per heavy atom. The first kappa shape index (κ1) is 16.7. The van der Waals surface area contributed by atoms with Crippen molar-refractivity contribution in [2.24, 2.45) is 5.92 Å². The largest absolute Gasteiger partial charge is 0.457 e. The Kier molecular flexibility index (Phi) is 3.94. The number of aromatic nitrogens is 2. The number of piperidine rings is 1. The third-order valence-corrected chi connectivity index (χ3v) is 5.84. The fraction of sp³-hybridized carbons (Fsp3) is 0.273. The minimum atomic E-state index is 0.282. The summed E-state index contributed by atoms with van der Waals surface area (Å²) in [6.07, 6.45) is 4.29. The molecule has 140 valence electrons. The van der Waals surface area contributed by atoms with Crippen LogP contribution in [0.25, 0.3) is 11.3 Å². The van der Waals surface area contributed by atoms with Crippen molar-refractivity contribution < 1.29 is 4.74 Å². The number of hydrogen-bond donors (Lipinski definition) is 1. The van der Waals surface area contributed by atoms with Crippen molar-refractivity contribution in [1.29, 1.82) is 5.26 Å². The molecule has 5 rings (SSSR count). The molecule has 1 saturated heterocycles. The zero-order valence-electron chi connectivity index (χ0n) is 15.4. The van der Waals surface area contributed by atoms with Gasteiger partial charge in [-0.25, -0.2) is 4.68 Å². The number of benzene rings is 2. The minimum absolute atomic E-state index is 0.282. The molecule has 1 aliphatic carbocycles. The molecule has 6 nitrogen and oxygen atoms in total. The SMILES string of the molecule is N#CN1CC2CC1CC2n1nc(-c2ccc(Oc3ccccc3)cc2)cc1N. The summed E-state index contributed by atoms with van der Waals surface area (Å²) in [5.41, 5.74) is 8.16. The van der Waals surface area contributed by atoms with E-state index in [0.29, 0.717) is 17.8 Å². The van der Waals surface area contributed by atoms with E-state index in [4.69, 9.17) is 15.6 Å². The number of nitrogen functional groups attached to an aromatic ring is 1. The van der Waals surface area contributed by atoms with Crippen LogP contribution in [0.15, 0.2) is 60.7 Å². The van der Waals surface area contributed by atoms with Gasteiger partial charge < -0.3 is 15.4 Å². The number of rotatable bonds is 4. The van der Waals surface area contributed by atoms with Gasteiger partial charge in [0.1, 0.15) is 17.3 Å². The summed E-state index contributed by atoms with van der Waals surface area (Å²) < 4.78 is 7.81. The van der Waals surface area contributed by atoms with E-state index in [1.807, 2.05) is 70.2 Å². The van der Waals surface area contributed by atoms with Gasteiger partial charge in [-0.05, 0) is 49.2 Å². The Labute approximate surface area is 163 Å². The van der Waals surface area contributed by atoms with Crippen LogP contribution in [0.5, 0.6) is 11.5 Å². The molecule has 2 bridgehead atoms. The van der Waals surface area contributed by atoms with Crippen LogP contribution in [0.1, 0.15) is 18.9 Å². The molecule has 1 aromatic heterocycles. The molecular weight excluding hydrogens is 350 g/mol. The summed E-state index contributed by atoms with van der Waals surface area (Å²) >= 11 is 0. The molecule has 2 N–H and O–H groups in total. The number of ether oxygens (including phenoxy) is 1. The van der Waals surface area contributed by atoms with Gasteiger partial charge in [0, 0.05) is 30.1 Å². The zero-order valence-corrected chi connectivity index (χ0v) is 15.4. The molecule has 0 amide bonds. The Balaban J connectivity index is 1.34. The average molecular weight is 371 g/mol. The first-order valence-corrected chi connectivity index (χ1v) is 9.56. The Morgan fingerprint density at radius 2 is 1.79 bits per heavy atom. The second kappa shape index (κ2) is 6.61. The van der Waals surface area contributed by atoms with Crippen molar-refractivity contribution >= 4 is 5.82 Å². The molecule has 2 aliphatic rings. The van der Waals surface area contributed by atoms with E-state index in [0.717, 1.165) is 42.1 Å². The zero-order chi connectivity index (χ0) is 19.1. The minimum Gasteiger partial charge on any atom is -0.457 e. The van der Waals surface area contributed by atoms with Crippen molar-refractivity contribution in [3.63, 3.8) is 0 Å². The lowest BCUT2D eigenvalue weighted by atomic mass is 10.0. The van der Waals surface area contributed by atoms with Gasteiger partial charge in [0.25, 0.3) is 0 Å². The monoisotopic (exact) mass is 371 g/mol. The Bertz CT molecular complexity index is 1020. The molecule has 3 aromatic rings. The third-order valence-electron chi connectivity index (χ3n) is 5.84. The number of para-hydroxylation sites is 1. The van der Waals surface area contributed by atoms with Crippen LogP contribution < -0.4 is 10.5 Å². The summed E-state index contributed by atoms with van der Waals surface area (Å²) in [6, 6.07) is 20.2. The van der Waals surface area contributed by atoms with E-state index in [1.165, 1.54) is 0 Å². The van der Waals surface area contributed by atoms with Crippen LogP contribution in [-0.2, 0) is 0 Å². The summed E-state index contributed by atoms with van der Waals surface area (Å²) in [4.78, 5) is 1.90. The Hall–Kier alpha value is -3.46. The van der Waals surface area contributed by atoms with Crippen molar-refractivity contribution in [2.75, 3.05) is 12.3 Å². The van der Waals surface area contributed by atoms with Gasteiger partial charge in [-0.1, -0.05) is 18.2 Å². The van der Waals surface area contributed by atoms with Gasteiger partial charge in [-0.3, -0.25) is 0 Å². The van der Waals surface area contributed by atoms with Crippen molar-refractivity contribution in [3.8, 4) is 28.9 Å². The number of nitriles is 1.